The van der Waals surface area contributed by atoms with E-state index < -0.39 is 0 Å². The Morgan fingerprint density at radius 1 is 1.27 bits per heavy atom. The summed E-state index contributed by atoms with van der Waals surface area (Å²) in [5.74, 6) is 1.47. The highest BCUT2D eigenvalue weighted by atomic mass is 16.5. The first-order valence-electron chi connectivity index (χ1n) is 8.51. The van der Waals surface area contributed by atoms with Crippen LogP contribution in [0.2, 0.25) is 0 Å². The molecule has 7 nitrogen and oxygen atoms in total. The quantitative estimate of drug-likeness (QED) is 0.886. The Hall–Kier alpha value is -3.09. The van der Waals surface area contributed by atoms with Gasteiger partial charge in [-0.2, -0.15) is 0 Å². The lowest BCUT2D eigenvalue weighted by Gasteiger charge is -2.31. The van der Waals surface area contributed by atoms with Crippen molar-refractivity contribution in [2.75, 3.05) is 19.0 Å². The van der Waals surface area contributed by atoms with E-state index >= 15 is 0 Å². The van der Waals surface area contributed by atoms with Gasteiger partial charge in [-0.05, 0) is 36.2 Å². The molecule has 134 valence electrons. The van der Waals surface area contributed by atoms with Crippen molar-refractivity contribution in [3.63, 3.8) is 0 Å². The van der Waals surface area contributed by atoms with Gasteiger partial charge in [-0.1, -0.05) is 12.1 Å². The van der Waals surface area contributed by atoms with Crippen molar-refractivity contribution >= 4 is 17.5 Å². The normalized spacial score (nSPS) is 21.6. The molecule has 1 atom stereocenters. The number of aliphatic imine (C=N–C) groups is 2. The molecule has 26 heavy (non-hydrogen) atoms. The van der Waals surface area contributed by atoms with Crippen LogP contribution in [0.4, 0.5) is 5.69 Å². The molecule has 1 aromatic heterocycles. The number of rotatable bonds is 3. The minimum atomic E-state index is -0.383. The molecule has 0 fully saturated rings. The third-order valence-electron chi connectivity index (χ3n) is 4.80. The van der Waals surface area contributed by atoms with Gasteiger partial charge in [-0.25, -0.2) is 9.98 Å². The van der Waals surface area contributed by atoms with E-state index in [9.17, 15) is 0 Å². The van der Waals surface area contributed by atoms with Gasteiger partial charge in [0.2, 0.25) is 0 Å². The summed E-state index contributed by atoms with van der Waals surface area (Å²) in [4.78, 5) is 13.5. The minimum Gasteiger partial charge on any atom is -0.495 e. The predicted octanol–water partition coefficient (Wildman–Crippen LogP) is 2.41. The maximum Gasteiger partial charge on any atom is 0.282 e. The Morgan fingerprint density at radius 2 is 2.15 bits per heavy atom. The molecule has 0 bridgehead atoms. The van der Waals surface area contributed by atoms with Gasteiger partial charge in [-0.3, -0.25) is 4.99 Å². The molecule has 1 aromatic carbocycles. The number of ether oxygens (including phenoxy) is 2. The van der Waals surface area contributed by atoms with Gasteiger partial charge in [0.15, 0.2) is 5.84 Å². The van der Waals surface area contributed by atoms with Crippen LogP contribution in [0.1, 0.15) is 30.2 Å². The van der Waals surface area contributed by atoms with Gasteiger partial charge in [0, 0.05) is 12.1 Å². The summed E-state index contributed by atoms with van der Waals surface area (Å²) in [7, 11) is 1.62. The highest BCUT2D eigenvalue weighted by Gasteiger charge is 2.31. The first-order valence-corrected chi connectivity index (χ1v) is 8.51. The predicted molar refractivity (Wildman–Crippen MR) is 101 cm³/mol. The zero-order chi connectivity index (χ0) is 18.1. The minimum absolute atomic E-state index is 0.245. The molecule has 3 N–H and O–H groups in total. The van der Waals surface area contributed by atoms with E-state index in [0.717, 1.165) is 40.5 Å². The molecule has 0 aliphatic carbocycles. The average molecular weight is 351 g/mol. The van der Waals surface area contributed by atoms with Crippen molar-refractivity contribution in [3.05, 3.63) is 53.3 Å². The first kappa shape index (κ1) is 16.4. The van der Waals surface area contributed by atoms with Crippen molar-refractivity contribution in [2.45, 2.75) is 25.4 Å². The molecule has 0 amide bonds. The van der Waals surface area contributed by atoms with Crippen LogP contribution < -0.4 is 15.8 Å². The van der Waals surface area contributed by atoms with Gasteiger partial charge in [-0.15, -0.1) is 0 Å². The summed E-state index contributed by atoms with van der Waals surface area (Å²) in [6.45, 7) is 3.25. The van der Waals surface area contributed by atoms with Crippen LogP contribution in [-0.4, -0.2) is 30.6 Å². The Labute approximate surface area is 152 Å². The molecule has 3 heterocycles. The molecule has 0 radical (unpaired) electrons. The molecule has 4 rings (SSSR count). The molecule has 7 heteroatoms. The van der Waals surface area contributed by atoms with Gasteiger partial charge >= 0.3 is 0 Å². The lowest BCUT2D eigenvalue weighted by molar-refractivity contribution is 0.218. The number of anilines is 1. The highest BCUT2D eigenvalue weighted by Crippen LogP contribution is 2.35. The molecule has 2 aromatic rings. The molecule has 0 spiro atoms. The number of fused-ring (bicyclic) bond motifs is 1. The number of nitrogens with zero attached hydrogens (tertiary/aromatic N) is 3. The van der Waals surface area contributed by atoms with Gasteiger partial charge < -0.3 is 20.5 Å². The van der Waals surface area contributed by atoms with Crippen molar-refractivity contribution in [2.24, 2.45) is 15.7 Å². The zero-order valence-electron chi connectivity index (χ0n) is 14.8. The van der Waals surface area contributed by atoms with E-state index in [2.05, 4.69) is 45.4 Å². The third-order valence-corrected chi connectivity index (χ3v) is 4.80. The number of hydrogen-bond acceptors (Lipinski definition) is 7. The molecular weight excluding hydrogens is 330 g/mol. The van der Waals surface area contributed by atoms with Crippen LogP contribution in [0, 0.1) is 0 Å². The van der Waals surface area contributed by atoms with Crippen molar-refractivity contribution in [1.82, 2.24) is 4.98 Å². The topological polar surface area (TPSA) is 94.1 Å². The number of benzene rings is 1. The summed E-state index contributed by atoms with van der Waals surface area (Å²) in [6, 6.07) is 10.3. The van der Waals surface area contributed by atoms with Crippen LogP contribution in [0.15, 0.2) is 46.5 Å². The van der Waals surface area contributed by atoms with E-state index in [1.54, 1.807) is 13.3 Å². The number of nitrogens with two attached hydrogens (primary N) is 1. The van der Waals surface area contributed by atoms with Crippen LogP contribution in [0.3, 0.4) is 0 Å². The molecular formula is C19H21N5O2. The Balaban J connectivity index is 1.63. The summed E-state index contributed by atoms with van der Waals surface area (Å²) in [5.41, 5.74) is 9.43. The molecule has 0 unspecified atom stereocenters. The molecule has 0 saturated carbocycles. The van der Waals surface area contributed by atoms with Crippen molar-refractivity contribution in [3.8, 4) is 5.75 Å². The van der Waals surface area contributed by atoms with E-state index in [4.69, 9.17) is 15.2 Å². The Bertz CT molecular complexity index is 891. The second-order valence-electron chi connectivity index (χ2n) is 6.57. The number of aromatic nitrogens is 1. The fourth-order valence-electron chi connectivity index (χ4n) is 3.18. The summed E-state index contributed by atoms with van der Waals surface area (Å²) in [5, 5.41) is 3.39. The van der Waals surface area contributed by atoms with E-state index in [0.29, 0.717) is 13.2 Å². The number of nitrogens with one attached hydrogen (secondary N) is 1. The summed E-state index contributed by atoms with van der Waals surface area (Å²) < 4.78 is 10.4. The SMILES string of the molecule is COc1ccc(C2=NCc3ccc([C@]4(C)CCOC(N)=N4)cc3N2)nc1. The number of hydrogen-bond donors (Lipinski definition) is 2. The summed E-state index contributed by atoms with van der Waals surface area (Å²) >= 11 is 0. The summed E-state index contributed by atoms with van der Waals surface area (Å²) in [6.07, 6.45) is 2.47. The van der Waals surface area contributed by atoms with E-state index in [-0.39, 0.29) is 11.6 Å². The Kier molecular flexibility index (Phi) is 3.99. The first-order chi connectivity index (χ1) is 12.6. The molecule has 0 saturated heterocycles. The second-order valence-corrected chi connectivity index (χ2v) is 6.57. The third kappa shape index (κ3) is 2.96. The maximum absolute atomic E-state index is 5.78. The maximum atomic E-state index is 5.78. The van der Waals surface area contributed by atoms with Crippen LogP contribution in [0.25, 0.3) is 0 Å². The second kappa shape index (κ2) is 6.33. The standard InChI is InChI=1S/C19H21N5O2/c1-19(7-8-26-18(20)24-19)13-4-3-12-10-22-17(23-16(12)9-13)15-6-5-14(25-2)11-21-15/h3-6,9,11H,7-8,10H2,1-2H3,(H2,20,24)(H,22,23)/t19-/m0/s1. The highest BCUT2D eigenvalue weighted by molar-refractivity contribution is 6.08. The average Bonchev–Trinajstić information content (AvgIpc) is 2.67. The van der Waals surface area contributed by atoms with Gasteiger partial charge in [0.25, 0.3) is 6.02 Å². The lowest BCUT2D eigenvalue weighted by atomic mass is 9.87. The van der Waals surface area contributed by atoms with Gasteiger partial charge in [0.1, 0.15) is 11.4 Å². The van der Waals surface area contributed by atoms with Crippen molar-refractivity contribution in [1.29, 1.82) is 0 Å². The molecule has 2 aliphatic rings. The largest absolute Gasteiger partial charge is 0.495 e. The monoisotopic (exact) mass is 351 g/mol. The van der Waals surface area contributed by atoms with E-state index in [1.165, 1.54) is 0 Å². The van der Waals surface area contributed by atoms with Crippen molar-refractivity contribution < 1.29 is 9.47 Å². The van der Waals surface area contributed by atoms with Crippen LogP contribution in [-0.2, 0) is 16.8 Å². The van der Waals surface area contributed by atoms with Crippen LogP contribution in [0.5, 0.6) is 5.75 Å². The smallest absolute Gasteiger partial charge is 0.282 e. The Morgan fingerprint density at radius 3 is 2.88 bits per heavy atom. The number of methoxy groups -OCH3 is 1. The molecule has 2 aliphatic heterocycles. The fraction of sp³-hybridized carbons (Fsp3) is 0.316. The van der Waals surface area contributed by atoms with Crippen LogP contribution >= 0.6 is 0 Å². The lowest BCUT2D eigenvalue weighted by Crippen LogP contribution is -2.33. The number of amidine groups is 2. The van der Waals surface area contributed by atoms with Gasteiger partial charge in [0.05, 0.1) is 32.0 Å². The van der Waals surface area contributed by atoms with E-state index in [1.807, 2.05) is 12.1 Å². The number of pyridine rings is 1. The fourth-order valence-corrected chi connectivity index (χ4v) is 3.18. The zero-order valence-corrected chi connectivity index (χ0v) is 14.8.